The molecule has 0 radical (unpaired) electrons. The van der Waals surface area contributed by atoms with Crippen molar-refractivity contribution in [2.24, 2.45) is 0 Å². The van der Waals surface area contributed by atoms with Gasteiger partial charge in [0.05, 0.1) is 13.2 Å². The van der Waals surface area contributed by atoms with Crippen molar-refractivity contribution < 1.29 is 9.84 Å². The quantitative estimate of drug-likeness (QED) is 0.776. The minimum atomic E-state index is 0.133. The summed E-state index contributed by atoms with van der Waals surface area (Å²) in [7, 11) is 1.75. The van der Waals surface area contributed by atoms with Gasteiger partial charge < -0.3 is 9.84 Å². The minimum absolute atomic E-state index is 0.133. The molecular formula is C15H21NO2S. The number of hydrogen-bond donors (Lipinski definition) is 1. The van der Waals surface area contributed by atoms with Crippen LogP contribution in [0.15, 0.2) is 11.4 Å². The lowest BCUT2D eigenvalue weighted by Crippen LogP contribution is -2.29. The molecular weight excluding hydrogens is 258 g/mol. The molecule has 3 nitrogen and oxygen atoms in total. The Morgan fingerprint density at radius 1 is 1.53 bits per heavy atom. The molecule has 0 aliphatic heterocycles. The Balaban J connectivity index is 1.97. The first kappa shape index (κ1) is 14.5. The smallest absolute Gasteiger partial charge is 0.0589 e. The monoisotopic (exact) mass is 279 g/mol. The molecule has 19 heavy (non-hydrogen) atoms. The predicted molar refractivity (Wildman–Crippen MR) is 78.2 cm³/mol. The highest BCUT2D eigenvalue weighted by molar-refractivity contribution is 7.10. The molecule has 0 amide bonds. The molecule has 0 aromatic carbocycles. The normalized spacial score (nSPS) is 14.5. The Morgan fingerprint density at radius 3 is 3.05 bits per heavy atom. The summed E-state index contributed by atoms with van der Waals surface area (Å²) in [4.78, 5) is 3.82. The van der Waals surface area contributed by atoms with Crippen LogP contribution in [0.4, 0.5) is 0 Å². The van der Waals surface area contributed by atoms with Gasteiger partial charge in [0.1, 0.15) is 0 Å². The fourth-order valence-electron chi connectivity index (χ4n) is 2.01. The van der Waals surface area contributed by atoms with Crippen molar-refractivity contribution in [3.8, 4) is 11.8 Å². The molecule has 0 atom stereocenters. The van der Waals surface area contributed by atoms with Gasteiger partial charge in [-0.1, -0.05) is 11.8 Å². The van der Waals surface area contributed by atoms with Gasteiger partial charge in [-0.2, -0.15) is 0 Å². The Labute approximate surface area is 119 Å². The molecule has 1 saturated carbocycles. The van der Waals surface area contributed by atoms with E-state index in [0.717, 1.165) is 31.3 Å². The van der Waals surface area contributed by atoms with E-state index in [4.69, 9.17) is 9.84 Å². The Hall–Kier alpha value is -0.860. The molecule has 0 spiro atoms. The van der Waals surface area contributed by atoms with E-state index in [1.165, 1.54) is 17.7 Å². The van der Waals surface area contributed by atoms with Crippen LogP contribution in [0.5, 0.6) is 0 Å². The van der Waals surface area contributed by atoms with Crippen LogP contribution in [0.25, 0.3) is 0 Å². The largest absolute Gasteiger partial charge is 0.395 e. The van der Waals surface area contributed by atoms with E-state index in [2.05, 4.69) is 28.2 Å². The van der Waals surface area contributed by atoms with E-state index < -0.39 is 0 Å². The molecule has 1 fully saturated rings. The van der Waals surface area contributed by atoms with Crippen LogP contribution >= 0.6 is 11.3 Å². The van der Waals surface area contributed by atoms with Crippen molar-refractivity contribution in [2.45, 2.75) is 31.8 Å². The van der Waals surface area contributed by atoms with Gasteiger partial charge in [-0.05, 0) is 24.3 Å². The average molecular weight is 279 g/mol. The first-order chi connectivity index (χ1) is 9.35. The van der Waals surface area contributed by atoms with Crippen molar-refractivity contribution in [3.63, 3.8) is 0 Å². The van der Waals surface area contributed by atoms with Gasteiger partial charge in [0.25, 0.3) is 0 Å². The summed E-state index contributed by atoms with van der Waals surface area (Å²) in [6, 6.07) is 2.81. The Kier molecular flexibility index (Phi) is 5.87. The van der Waals surface area contributed by atoms with Crippen LogP contribution in [0.2, 0.25) is 0 Å². The molecule has 2 rings (SSSR count). The molecule has 0 bridgehead atoms. The van der Waals surface area contributed by atoms with Crippen LogP contribution in [0.1, 0.15) is 29.7 Å². The molecule has 4 heteroatoms. The van der Waals surface area contributed by atoms with Gasteiger partial charge in [-0.25, -0.2) is 0 Å². The summed E-state index contributed by atoms with van der Waals surface area (Å²) in [5.74, 6) is 6.16. The van der Waals surface area contributed by atoms with Crippen LogP contribution in [-0.2, 0) is 11.3 Å². The van der Waals surface area contributed by atoms with Crippen LogP contribution in [0, 0.1) is 11.8 Å². The topological polar surface area (TPSA) is 32.7 Å². The Bertz CT molecular complexity index is 442. The third-order valence-electron chi connectivity index (χ3n) is 3.20. The molecule has 1 aromatic heterocycles. The number of ether oxygens (including phenoxy) is 1. The van der Waals surface area contributed by atoms with Gasteiger partial charge in [-0.3, -0.25) is 4.90 Å². The van der Waals surface area contributed by atoms with Crippen molar-refractivity contribution in [1.29, 1.82) is 0 Å². The first-order valence-electron chi connectivity index (χ1n) is 6.74. The zero-order valence-corrected chi connectivity index (χ0v) is 12.2. The second-order valence-corrected chi connectivity index (χ2v) is 5.73. The van der Waals surface area contributed by atoms with Crippen LogP contribution in [-0.4, -0.2) is 42.9 Å². The first-order valence-corrected chi connectivity index (χ1v) is 7.62. The molecule has 0 saturated heterocycles. The number of thiophene rings is 1. The standard InChI is InChI=1S/C15H21NO2S/c1-18-10-8-16(14-5-6-14)12-15-13(7-11-19-15)4-2-3-9-17/h7,11,14,17H,3,5-6,8-10,12H2,1H3. The molecule has 104 valence electrons. The Morgan fingerprint density at radius 2 is 2.37 bits per heavy atom. The number of hydrogen-bond acceptors (Lipinski definition) is 4. The number of aliphatic hydroxyl groups excluding tert-OH is 1. The van der Waals surface area contributed by atoms with E-state index in [1.807, 2.05) is 0 Å². The lowest BCUT2D eigenvalue weighted by Gasteiger charge is -2.20. The molecule has 1 aliphatic carbocycles. The van der Waals surface area contributed by atoms with E-state index in [-0.39, 0.29) is 6.61 Å². The second kappa shape index (κ2) is 7.66. The summed E-state index contributed by atoms with van der Waals surface area (Å²) < 4.78 is 5.19. The number of nitrogens with zero attached hydrogens (tertiary/aromatic N) is 1. The number of methoxy groups -OCH3 is 1. The predicted octanol–water partition coefficient (Wildman–Crippen LogP) is 2.09. The second-order valence-electron chi connectivity index (χ2n) is 4.73. The SMILES string of the molecule is COCCN(Cc1sccc1C#CCCO)C1CC1. The van der Waals surface area contributed by atoms with Gasteiger partial charge in [-0.15, -0.1) is 11.3 Å². The zero-order valence-electron chi connectivity index (χ0n) is 11.4. The summed E-state index contributed by atoms with van der Waals surface area (Å²) >= 11 is 1.77. The minimum Gasteiger partial charge on any atom is -0.395 e. The zero-order chi connectivity index (χ0) is 13.5. The highest BCUT2D eigenvalue weighted by atomic mass is 32.1. The highest BCUT2D eigenvalue weighted by Gasteiger charge is 2.29. The van der Waals surface area contributed by atoms with E-state index >= 15 is 0 Å². The summed E-state index contributed by atoms with van der Waals surface area (Å²) in [6.45, 7) is 2.87. The maximum Gasteiger partial charge on any atom is 0.0589 e. The number of rotatable bonds is 7. The summed E-state index contributed by atoms with van der Waals surface area (Å²) in [6.07, 6.45) is 3.16. The fourth-order valence-corrected chi connectivity index (χ4v) is 2.87. The van der Waals surface area contributed by atoms with Crippen molar-refractivity contribution in [1.82, 2.24) is 4.90 Å². The van der Waals surface area contributed by atoms with E-state index in [9.17, 15) is 0 Å². The fraction of sp³-hybridized carbons (Fsp3) is 0.600. The van der Waals surface area contributed by atoms with Gasteiger partial charge in [0.2, 0.25) is 0 Å². The van der Waals surface area contributed by atoms with E-state index in [0.29, 0.717) is 6.42 Å². The molecule has 1 heterocycles. The third kappa shape index (κ3) is 4.63. The van der Waals surface area contributed by atoms with Gasteiger partial charge in [0.15, 0.2) is 0 Å². The highest BCUT2D eigenvalue weighted by Crippen LogP contribution is 2.29. The lowest BCUT2D eigenvalue weighted by atomic mass is 10.2. The molecule has 1 N–H and O–H groups in total. The van der Waals surface area contributed by atoms with Gasteiger partial charge >= 0.3 is 0 Å². The summed E-state index contributed by atoms with van der Waals surface area (Å²) in [5, 5.41) is 10.9. The molecule has 0 unspecified atom stereocenters. The maximum atomic E-state index is 8.77. The molecule has 1 aromatic rings. The van der Waals surface area contributed by atoms with Crippen LogP contribution in [0.3, 0.4) is 0 Å². The van der Waals surface area contributed by atoms with Crippen LogP contribution < -0.4 is 0 Å². The van der Waals surface area contributed by atoms with E-state index in [1.54, 1.807) is 18.4 Å². The summed E-state index contributed by atoms with van der Waals surface area (Å²) in [5.41, 5.74) is 1.11. The van der Waals surface area contributed by atoms with Crippen molar-refractivity contribution >= 4 is 11.3 Å². The van der Waals surface area contributed by atoms with Crippen molar-refractivity contribution in [2.75, 3.05) is 26.9 Å². The van der Waals surface area contributed by atoms with Gasteiger partial charge in [0, 0.05) is 43.1 Å². The molecule has 1 aliphatic rings. The maximum absolute atomic E-state index is 8.77. The van der Waals surface area contributed by atoms with Crippen molar-refractivity contribution in [3.05, 3.63) is 21.9 Å². The average Bonchev–Trinajstić information content (AvgIpc) is 3.17. The number of aliphatic hydroxyl groups is 1. The lowest BCUT2D eigenvalue weighted by molar-refractivity contribution is 0.140. The third-order valence-corrected chi connectivity index (χ3v) is 4.10.